The number of carboxylic acid groups (broad SMARTS) is 1. The lowest BCUT2D eigenvalue weighted by Crippen LogP contribution is -2.14. The van der Waals surface area contributed by atoms with Gasteiger partial charge in [0.05, 0.1) is 7.11 Å². The predicted molar refractivity (Wildman–Crippen MR) is 70.9 cm³/mol. The first-order valence-electron chi connectivity index (χ1n) is 5.41. The Bertz CT molecular complexity index is 462. The van der Waals surface area contributed by atoms with Crippen molar-refractivity contribution in [2.45, 2.75) is 25.8 Å². The first-order chi connectivity index (χ1) is 8.38. The third kappa shape index (κ3) is 3.14. The van der Waals surface area contributed by atoms with Crippen molar-refractivity contribution in [3.63, 3.8) is 0 Å². The van der Waals surface area contributed by atoms with Gasteiger partial charge in [0.25, 0.3) is 0 Å². The average Bonchev–Trinajstić information content (AvgIpc) is 2.31. The van der Waals surface area contributed by atoms with E-state index in [9.17, 15) is 9.90 Å². The van der Waals surface area contributed by atoms with E-state index in [0.29, 0.717) is 11.3 Å². The number of hydrogen-bond acceptors (Lipinski definition) is 4. The fourth-order valence-corrected chi connectivity index (χ4v) is 2.18. The molecule has 1 aromatic rings. The quantitative estimate of drug-likeness (QED) is 0.775. The van der Waals surface area contributed by atoms with Crippen molar-refractivity contribution in [2.24, 2.45) is 5.73 Å². The molecule has 1 unspecified atom stereocenters. The van der Waals surface area contributed by atoms with Crippen molar-refractivity contribution in [2.75, 3.05) is 7.11 Å². The molecular weight excluding hydrogens is 302 g/mol. The summed E-state index contributed by atoms with van der Waals surface area (Å²) in [5, 5.41) is 18.7. The van der Waals surface area contributed by atoms with Gasteiger partial charge in [-0.1, -0.05) is 15.9 Å². The van der Waals surface area contributed by atoms with E-state index in [1.807, 2.05) is 0 Å². The molecular formula is C12H16BrNO4. The summed E-state index contributed by atoms with van der Waals surface area (Å²) in [6.45, 7) is 1.80. The molecule has 0 aliphatic rings. The fourth-order valence-electron chi connectivity index (χ4n) is 1.76. The third-order valence-corrected chi connectivity index (χ3v) is 3.59. The predicted octanol–water partition coefficient (Wildman–Crippen LogP) is 2.34. The largest absolute Gasteiger partial charge is 0.504 e. The third-order valence-electron chi connectivity index (χ3n) is 2.77. The van der Waals surface area contributed by atoms with Crippen molar-refractivity contribution < 1.29 is 19.7 Å². The molecule has 6 heteroatoms. The number of methoxy groups -OCH3 is 1. The van der Waals surface area contributed by atoms with E-state index in [4.69, 9.17) is 15.6 Å². The highest BCUT2D eigenvalue weighted by molar-refractivity contribution is 9.10. The molecule has 18 heavy (non-hydrogen) atoms. The second-order valence-electron chi connectivity index (χ2n) is 3.99. The van der Waals surface area contributed by atoms with Gasteiger partial charge >= 0.3 is 5.97 Å². The summed E-state index contributed by atoms with van der Waals surface area (Å²) < 4.78 is 5.81. The molecule has 1 atom stereocenters. The summed E-state index contributed by atoms with van der Waals surface area (Å²) >= 11 is 3.36. The molecule has 0 bridgehead atoms. The Kier molecular flexibility index (Phi) is 4.98. The second-order valence-corrected chi connectivity index (χ2v) is 4.84. The first kappa shape index (κ1) is 14.8. The number of phenols is 1. The molecule has 0 aromatic heterocycles. The summed E-state index contributed by atoms with van der Waals surface area (Å²) in [4.78, 5) is 10.5. The number of benzene rings is 1. The summed E-state index contributed by atoms with van der Waals surface area (Å²) in [7, 11) is 1.45. The van der Waals surface area contributed by atoms with Crippen molar-refractivity contribution in [3.05, 3.63) is 21.7 Å². The lowest BCUT2D eigenvalue weighted by molar-refractivity contribution is -0.137. The molecule has 1 rings (SSSR count). The Balaban J connectivity index is 3.13. The number of rotatable bonds is 5. The van der Waals surface area contributed by atoms with Crippen LogP contribution in [0.3, 0.4) is 0 Å². The minimum atomic E-state index is -0.912. The monoisotopic (exact) mass is 317 g/mol. The standard InChI is InChI=1S/C12H16BrNO4/c1-6-7(13)5-9(18-2)12(17)11(6)8(14)3-4-10(15)16/h5,8,17H,3-4,14H2,1-2H3,(H,15,16). The summed E-state index contributed by atoms with van der Waals surface area (Å²) in [5.41, 5.74) is 7.24. The zero-order chi connectivity index (χ0) is 13.9. The van der Waals surface area contributed by atoms with Crippen LogP contribution in [0.2, 0.25) is 0 Å². The van der Waals surface area contributed by atoms with Crippen LogP contribution in [0, 0.1) is 6.92 Å². The zero-order valence-electron chi connectivity index (χ0n) is 10.2. The molecule has 0 spiro atoms. The lowest BCUT2D eigenvalue weighted by Gasteiger charge is -2.18. The second kappa shape index (κ2) is 6.06. The summed E-state index contributed by atoms with van der Waals surface area (Å²) in [6.07, 6.45) is 0.207. The minimum Gasteiger partial charge on any atom is -0.504 e. The van der Waals surface area contributed by atoms with Gasteiger partial charge in [0.1, 0.15) is 0 Å². The smallest absolute Gasteiger partial charge is 0.303 e. The van der Waals surface area contributed by atoms with Crippen LogP contribution in [0.15, 0.2) is 10.5 Å². The molecule has 5 nitrogen and oxygen atoms in total. The van der Waals surface area contributed by atoms with Gasteiger partial charge < -0.3 is 20.7 Å². The number of aromatic hydroxyl groups is 1. The van der Waals surface area contributed by atoms with Crippen LogP contribution in [0.25, 0.3) is 0 Å². The SMILES string of the molecule is COc1cc(Br)c(C)c(C(N)CCC(=O)O)c1O. The Morgan fingerprint density at radius 1 is 1.61 bits per heavy atom. The minimum absolute atomic E-state index is 0.0314. The van der Waals surface area contributed by atoms with E-state index in [1.54, 1.807) is 13.0 Å². The lowest BCUT2D eigenvalue weighted by atomic mass is 9.96. The van der Waals surface area contributed by atoms with Gasteiger partial charge in [-0.3, -0.25) is 4.79 Å². The molecule has 0 aliphatic carbocycles. The van der Waals surface area contributed by atoms with Crippen LogP contribution >= 0.6 is 15.9 Å². The number of nitrogens with two attached hydrogens (primary N) is 1. The van der Waals surface area contributed by atoms with Gasteiger partial charge in [-0.05, 0) is 25.0 Å². The normalized spacial score (nSPS) is 12.2. The first-order valence-corrected chi connectivity index (χ1v) is 6.21. The summed E-state index contributed by atoms with van der Waals surface area (Å²) in [5.74, 6) is -0.631. The molecule has 0 heterocycles. The van der Waals surface area contributed by atoms with Crippen molar-refractivity contribution in [1.29, 1.82) is 0 Å². The highest BCUT2D eigenvalue weighted by Gasteiger charge is 2.20. The number of halogens is 1. The van der Waals surface area contributed by atoms with E-state index in [0.717, 1.165) is 10.0 Å². The van der Waals surface area contributed by atoms with Crippen molar-refractivity contribution in [3.8, 4) is 11.5 Å². The van der Waals surface area contributed by atoms with E-state index in [2.05, 4.69) is 15.9 Å². The fraction of sp³-hybridized carbons (Fsp3) is 0.417. The molecule has 0 fully saturated rings. The van der Waals surface area contributed by atoms with Crippen LogP contribution in [-0.4, -0.2) is 23.3 Å². The Morgan fingerprint density at radius 2 is 2.22 bits per heavy atom. The molecule has 100 valence electrons. The maximum absolute atomic E-state index is 10.5. The maximum atomic E-state index is 10.5. The van der Waals surface area contributed by atoms with Crippen LogP contribution in [-0.2, 0) is 4.79 Å². The topological polar surface area (TPSA) is 92.8 Å². The van der Waals surface area contributed by atoms with Gasteiger partial charge in [0.2, 0.25) is 0 Å². The molecule has 0 radical (unpaired) electrons. The average molecular weight is 318 g/mol. The van der Waals surface area contributed by atoms with E-state index in [1.165, 1.54) is 7.11 Å². The highest BCUT2D eigenvalue weighted by atomic mass is 79.9. The van der Waals surface area contributed by atoms with Gasteiger partial charge in [-0.15, -0.1) is 0 Å². The summed E-state index contributed by atoms with van der Waals surface area (Å²) in [6, 6.07) is 1.10. The maximum Gasteiger partial charge on any atom is 0.303 e. The zero-order valence-corrected chi connectivity index (χ0v) is 11.8. The van der Waals surface area contributed by atoms with Gasteiger partial charge in [0.15, 0.2) is 11.5 Å². The number of aliphatic carboxylic acids is 1. The molecule has 0 aliphatic heterocycles. The number of ether oxygens (including phenoxy) is 1. The Morgan fingerprint density at radius 3 is 2.72 bits per heavy atom. The number of phenolic OH excluding ortho intramolecular Hbond substituents is 1. The molecule has 1 aromatic carbocycles. The molecule has 0 amide bonds. The van der Waals surface area contributed by atoms with Crippen LogP contribution in [0.4, 0.5) is 0 Å². The van der Waals surface area contributed by atoms with E-state index in [-0.39, 0.29) is 18.6 Å². The van der Waals surface area contributed by atoms with E-state index < -0.39 is 12.0 Å². The van der Waals surface area contributed by atoms with Crippen LogP contribution < -0.4 is 10.5 Å². The van der Waals surface area contributed by atoms with Gasteiger partial charge in [0, 0.05) is 22.5 Å². The number of carboxylic acids is 1. The van der Waals surface area contributed by atoms with E-state index >= 15 is 0 Å². The van der Waals surface area contributed by atoms with Crippen molar-refractivity contribution >= 4 is 21.9 Å². The molecule has 0 saturated heterocycles. The Hall–Kier alpha value is -1.27. The number of hydrogen-bond donors (Lipinski definition) is 3. The van der Waals surface area contributed by atoms with Crippen molar-refractivity contribution in [1.82, 2.24) is 0 Å². The van der Waals surface area contributed by atoms with Gasteiger partial charge in [-0.25, -0.2) is 0 Å². The van der Waals surface area contributed by atoms with Crippen LogP contribution in [0.1, 0.15) is 30.0 Å². The Labute approximate surface area is 114 Å². The molecule has 4 N–H and O–H groups in total. The van der Waals surface area contributed by atoms with Gasteiger partial charge in [-0.2, -0.15) is 0 Å². The highest BCUT2D eigenvalue weighted by Crippen LogP contribution is 2.40. The van der Waals surface area contributed by atoms with Crippen LogP contribution in [0.5, 0.6) is 11.5 Å². The molecule has 0 saturated carbocycles. The number of carbonyl (C=O) groups is 1.